The van der Waals surface area contributed by atoms with Crippen molar-refractivity contribution in [2.45, 2.75) is 0 Å². The molecule has 1 aliphatic rings. The van der Waals surface area contributed by atoms with Gasteiger partial charge in [-0.25, -0.2) is 0 Å². The van der Waals surface area contributed by atoms with Crippen molar-refractivity contribution in [2.75, 3.05) is 12.6 Å². The van der Waals surface area contributed by atoms with E-state index in [9.17, 15) is 0 Å². The van der Waals surface area contributed by atoms with Crippen LogP contribution in [0.5, 0.6) is 0 Å². The van der Waals surface area contributed by atoms with Crippen molar-refractivity contribution in [3.05, 3.63) is 170 Å². The van der Waals surface area contributed by atoms with Crippen LogP contribution in [0.4, 0.5) is 0 Å². The zero-order valence-electron chi connectivity index (χ0n) is 20.8. The number of nitrogens with zero attached hydrogens (tertiary/aromatic N) is 1. The predicted molar refractivity (Wildman–Crippen MR) is 165 cm³/mol. The Labute approximate surface area is 223 Å². The molecule has 5 rings (SSSR count). The first-order valence-electron chi connectivity index (χ1n) is 12.6. The highest BCUT2D eigenvalue weighted by Crippen LogP contribution is 2.41. The van der Waals surface area contributed by atoms with Crippen LogP contribution < -0.4 is 21.2 Å². The molecule has 1 nitrogen and oxygen atoms in total. The largest absolute Gasteiger partial charge is 0.362 e. The molecule has 4 aromatic carbocycles. The first kappa shape index (κ1) is 25.2. The SMILES string of the molecule is C1=C/C=C\C(N(CP(c2ccccc2)c2ccccc2)CP(c2ccccc2)c2ccccc2)=C/C=C1. The number of hydrogen-bond donors (Lipinski definition) is 0. The van der Waals surface area contributed by atoms with Crippen LogP contribution in [0, 0.1) is 0 Å². The van der Waals surface area contributed by atoms with Crippen LogP contribution in [0.3, 0.4) is 0 Å². The predicted octanol–water partition coefficient (Wildman–Crippen LogP) is 7.04. The zero-order chi connectivity index (χ0) is 25.1. The molecule has 0 saturated carbocycles. The Hall–Kier alpha value is -3.50. The van der Waals surface area contributed by atoms with E-state index >= 15 is 0 Å². The summed E-state index contributed by atoms with van der Waals surface area (Å²) in [5.41, 5.74) is 1.25. The minimum Gasteiger partial charge on any atom is -0.362 e. The molecular weight excluding hydrogens is 484 g/mol. The Morgan fingerprint density at radius 2 is 0.757 bits per heavy atom. The summed E-state index contributed by atoms with van der Waals surface area (Å²) in [6, 6.07) is 44.1. The Morgan fingerprint density at radius 1 is 0.405 bits per heavy atom. The molecule has 0 fully saturated rings. The minimum absolute atomic E-state index is 0.579. The summed E-state index contributed by atoms with van der Waals surface area (Å²) in [5.74, 6) is 0. The van der Waals surface area contributed by atoms with Gasteiger partial charge >= 0.3 is 0 Å². The topological polar surface area (TPSA) is 3.24 Å². The Kier molecular flexibility index (Phi) is 8.95. The van der Waals surface area contributed by atoms with Gasteiger partial charge in [0.1, 0.15) is 0 Å². The van der Waals surface area contributed by atoms with E-state index in [-0.39, 0.29) is 0 Å². The quantitative estimate of drug-likeness (QED) is 0.216. The van der Waals surface area contributed by atoms with Crippen molar-refractivity contribution in [3.8, 4) is 0 Å². The summed E-state index contributed by atoms with van der Waals surface area (Å²) in [4.78, 5) is 2.62. The van der Waals surface area contributed by atoms with Crippen LogP contribution in [0.25, 0.3) is 0 Å². The minimum atomic E-state index is -0.579. The molecule has 37 heavy (non-hydrogen) atoms. The molecule has 1 aliphatic carbocycles. The van der Waals surface area contributed by atoms with Gasteiger partial charge in [-0.15, -0.1) is 0 Å². The summed E-state index contributed by atoms with van der Waals surface area (Å²) in [5, 5.41) is 5.62. The molecule has 4 aromatic rings. The van der Waals surface area contributed by atoms with Crippen LogP contribution in [0.2, 0.25) is 0 Å². The maximum atomic E-state index is 2.62. The molecular formula is C34H31NP2. The lowest BCUT2D eigenvalue weighted by Crippen LogP contribution is -2.31. The van der Waals surface area contributed by atoms with Crippen LogP contribution in [0.15, 0.2) is 170 Å². The van der Waals surface area contributed by atoms with Crippen LogP contribution in [0.1, 0.15) is 0 Å². The second-order valence-corrected chi connectivity index (χ2v) is 13.1. The zero-order valence-corrected chi connectivity index (χ0v) is 22.6. The first-order chi connectivity index (χ1) is 18.4. The van der Waals surface area contributed by atoms with Crippen LogP contribution in [-0.4, -0.2) is 17.5 Å². The fraction of sp³-hybridized carbons (Fsp3) is 0.0588. The summed E-state index contributed by atoms with van der Waals surface area (Å²) < 4.78 is 0. The van der Waals surface area contributed by atoms with Crippen LogP contribution in [-0.2, 0) is 0 Å². The Morgan fingerprint density at radius 3 is 1.16 bits per heavy atom. The van der Waals surface area contributed by atoms with E-state index < -0.39 is 15.8 Å². The maximum absolute atomic E-state index is 2.62. The van der Waals surface area contributed by atoms with Crippen molar-refractivity contribution in [1.82, 2.24) is 4.90 Å². The van der Waals surface area contributed by atoms with E-state index in [1.807, 2.05) is 0 Å². The van der Waals surface area contributed by atoms with E-state index in [4.69, 9.17) is 0 Å². The Balaban J connectivity index is 1.57. The fourth-order valence-electron chi connectivity index (χ4n) is 4.37. The second kappa shape index (κ2) is 13.2. The number of hydrogen-bond acceptors (Lipinski definition) is 1. The van der Waals surface area contributed by atoms with Gasteiger partial charge in [-0.2, -0.15) is 0 Å². The molecule has 3 heteroatoms. The number of rotatable bonds is 9. The van der Waals surface area contributed by atoms with Crippen molar-refractivity contribution in [2.24, 2.45) is 0 Å². The summed E-state index contributed by atoms with van der Waals surface area (Å²) in [6.07, 6.45) is 17.0. The lowest BCUT2D eigenvalue weighted by atomic mass is 10.2. The molecule has 0 aliphatic heterocycles. The van der Waals surface area contributed by atoms with Gasteiger partial charge in [-0.3, -0.25) is 0 Å². The summed E-state index contributed by atoms with van der Waals surface area (Å²) in [7, 11) is -1.16. The van der Waals surface area contributed by atoms with Gasteiger partial charge < -0.3 is 4.90 Å². The number of allylic oxidation sites excluding steroid dienone is 7. The van der Waals surface area contributed by atoms with Gasteiger partial charge in [-0.05, 0) is 49.2 Å². The highest BCUT2D eigenvalue weighted by molar-refractivity contribution is 7.73. The number of benzene rings is 4. The summed E-state index contributed by atoms with van der Waals surface area (Å²) >= 11 is 0. The molecule has 0 bridgehead atoms. The van der Waals surface area contributed by atoms with E-state index in [0.29, 0.717) is 0 Å². The first-order valence-corrected chi connectivity index (χ1v) is 15.7. The van der Waals surface area contributed by atoms with Gasteiger partial charge in [0.2, 0.25) is 0 Å². The third kappa shape index (κ3) is 6.84. The van der Waals surface area contributed by atoms with Crippen molar-refractivity contribution in [1.29, 1.82) is 0 Å². The molecule has 182 valence electrons. The molecule has 0 unspecified atom stereocenters. The van der Waals surface area contributed by atoms with Crippen LogP contribution >= 0.6 is 15.8 Å². The van der Waals surface area contributed by atoms with E-state index in [1.165, 1.54) is 26.9 Å². The lowest BCUT2D eigenvalue weighted by molar-refractivity contribution is 0.484. The third-order valence-electron chi connectivity index (χ3n) is 6.24. The molecule has 0 aromatic heterocycles. The maximum Gasteiger partial charge on any atom is 0.0463 e. The monoisotopic (exact) mass is 515 g/mol. The van der Waals surface area contributed by atoms with Gasteiger partial charge in [0, 0.05) is 18.3 Å². The highest BCUT2D eigenvalue weighted by atomic mass is 31.1. The molecule has 0 atom stereocenters. The van der Waals surface area contributed by atoms with Gasteiger partial charge in [-0.1, -0.05) is 152 Å². The highest BCUT2D eigenvalue weighted by Gasteiger charge is 2.23. The average Bonchev–Trinajstić information content (AvgIpc) is 2.95. The fourth-order valence-corrected chi connectivity index (χ4v) is 9.12. The van der Waals surface area contributed by atoms with Crippen molar-refractivity contribution >= 4 is 37.1 Å². The van der Waals surface area contributed by atoms with Gasteiger partial charge in [0.25, 0.3) is 0 Å². The molecule has 0 amide bonds. The smallest absolute Gasteiger partial charge is 0.0463 e. The molecule has 0 saturated heterocycles. The second-order valence-electron chi connectivity index (χ2n) is 8.74. The van der Waals surface area contributed by atoms with Crippen molar-refractivity contribution < 1.29 is 0 Å². The molecule has 0 spiro atoms. The standard InChI is InChI=1S/C34H31NP2/c1-2-8-18-30(19-9-3-1)35(28-36(31-20-10-4-11-21-31)32-22-12-5-13-23-32)29-37(33-24-14-6-15-25-33)34-26-16-7-17-27-34/h1-27H,28-29H2/b2-1?,3-1?,8-2?,9-3?,18-8-,19-9?,30-18?,30-19+. The van der Waals surface area contributed by atoms with Gasteiger partial charge in [0.05, 0.1) is 0 Å². The van der Waals surface area contributed by atoms with E-state index in [0.717, 1.165) is 12.6 Å². The third-order valence-corrected chi connectivity index (χ3v) is 11.2. The average molecular weight is 516 g/mol. The molecule has 0 heterocycles. The molecule has 0 radical (unpaired) electrons. The Bertz CT molecular complexity index is 1200. The van der Waals surface area contributed by atoms with Gasteiger partial charge in [0.15, 0.2) is 0 Å². The summed E-state index contributed by atoms with van der Waals surface area (Å²) in [6.45, 7) is 0. The van der Waals surface area contributed by atoms with E-state index in [2.05, 4.69) is 169 Å². The lowest BCUT2D eigenvalue weighted by Gasteiger charge is -2.34. The van der Waals surface area contributed by atoms with E-state index in [1.54, 1.807) is 0 Å². The molecule has 0 N–H and O–H groups in total. The normalized spacial score (nSPS) is 15.1. The van der Waals surface area contributed by atoms with Crippen molar-refractivity contribution in [3.63, 3.8) is 0 Å².